The van der Waals surface area contributed by atoms with Gasteiger partial charge in [-0.25, -0.2) is 0 Å². The molecule has 1 heterocycles. The molecule has 0 spiro atoms. The van der Waals surface area contributed by atoms with Crippen LogP contribution < -0.4 is 15.4 Å². The lowest BCUT2D eigenvalue weighted by Gasteiger charge is -2.23. The molecule has 136 valence electrons. The van der Waals surface area contributed by atoms with Gasteiger partial charge >= 0.3 is 0 Å². The Hall–Kier alpha value is -2.47. The summed E-state index contributed by atoms with van der Waals surface area (Å²) in [6, 6.07) is 15.3. The van der Waals surface area contributed by atoms with Crippen LogP contribution in [0, 0.1) is 0 Å². The van der Waals surface area contributed by atoms with Crippen molar-refractivity contribution in [2.24, 2.45) is 0 Å². The quantitative estimate of drug-likeness (QED) is 0.815. The van der Waals surface area contributed by atoms with Gasteiger partial charge in [0.05, 0.1) is 17.0 Å². The molecule has 0 fully saturated rings. The molecule has 26 heavy (non-hydrogen) atoms. The predicted octanol–water partition coefficient (Wildman–Crippen LogP) is 3.59. The monoisotopic (exact) mass is 370 g/mol. The van der Waals surface area contributed by atoms with Crippen molar-refractivity contribution in [1.29, 1.82) is 0 Å². The molecule has 0 aromatic heterocycles. The maximum Gasteiger partial charge on any atom is 0.238 e. The molecule has 1 unspecified atom stereocenters. The van der Waals surface area contributed by atoms with E-state index >= 15 is 0 Å². The summed E-state index contributed by atoms with van der Waals surface area (Å²) in [5, 5.41) is 5.32. The molecule has 1 aliphatic rings. The topological polar surface area (TPSA) is 67.4 Å². The van der Waals surface area contributed by atoms with E-state index in [0.717, 1.165) is 21.9 Å². The Kier molecular flexibility index (Phi) is 5.83. The Balaban J connectivity index is 1.51. The van der Waals surface area contributed by atoms with E-state index in [4.69, 9.17) is 4.74 Å². The third-order valence-corrected chi connectivity index (χ3v) is 5.14. The van der Waals surface area contributed by atoms with Crippen molar-refractivity contribution in [3.05, 3.63) is 54.1 Å². The molecule has 0 bridgehead atoms. The van der Waals surface area contributed by atoms with Gasteiger partial charge in [0.2, 0.25) is 11.8 Å². The largest absolute Gasteiger partial charge is 0.491 e. The van der Waals surface area contributed by atoms with E-state index in [1.807, 2.05) is 62.4 Å². The highest BCUT2D eigenvalue weighted by atomic mass is 32.2. The van der Waals surface area contributed by atoms with Crippen LogP contribution in [0.5, 0.6) is 5.75 Å². The number of hydrogen-bond acceptors (Lipinski definition) is 4. The van der Waals surface area contributed by atoms with Crippen molar-refractivity contribution in [2.45, 2.75) is 43.1 Å². The third kappa shape index (κ3) is 4.79. The van der Waals surface area contributed by atoms with E-state index < -0.39 is 5.25 Å². The Morgan fingerprint density at radius 3 is 2.65 bits per heavy atom. The number of rotatable bonds is 6. The first-order valence-corrected chi connectivity index (χ1v) is 9.48. The van der Waals surface area contributed by atoms with Crippen LogP contribution >= 0.6 is 11.8 Å². The fourth-order valence-electron chi connectivity index (χ4n) is 2.63. The lowest BCUT2D eigenvalue weighted by atomic mass is 10.2. The summed E-state index contributed by atoms with van der Waals surface area (Å²) in [6.45, 7) is 4.38. The zero-order chi connectivity index (χ0) is 18.5. The first kappa shape index (κ1) is 18.3. The molecule has 2 aromatic rings. The van der Waals surface area contributed by atoms with Gasteiger partial charge in [-0.05, 0) is 43.7 Å². The summed E-state index contributed by atoms with van der Waals surface area (Å²) < 4.78 is 5.60. The number of carbonyl (C=O) groups excluding carboxylic acids is 2. The summed E-state index contributed by atoms with van der Waals surface area (Å²) in [5.74, 6) is 0.544. The second-order valence-electron chi connectivity index (χ2n) is 6.38. The average molecular weight is 370 g/mol. The molecule has 0 saturated heterocycles. The van der Waals surface area contributed by atoms with Gasteiger partial charge in [-0.3, -0.25) is 9.59 Å². The van der Waals surface area contributed by atoms with Gasteiger partial charge in [0.25, 0.3) is 0 Å². The molecule has 1 aliphatic heterocycles. The van der Waals surface area contributed by atoms with Crippen molar-refractivity contribution < 1.29 is 14.3 Å². The van der Waals surface area contributed by atoms with E-state index in [9.17, 15) is 9.59 Å². The van der Waals surface area contributed by atoms with Crippen LogP contribution in [0.3, 0.4) is 0 Å². The number of thioether (sulfide) groups is 1. The standard InChI is InChI=1S/C20H22N2O3S/c1-13(2)25-15-9-7-14(8-10-15)12-21-19(23)11-18-20(24)22-16-5-3-4-6-17(16)26-18/h3-10,13,18H,11-12H2,1-2H3,(H,21,23)(H,22,24). The van der Waals surface area contributed by atoms with Crippen molar-refractivity contribution >= 4 is 29.3 Å². The number of para-hydroxylation sites is 1. The maximum atomic E-state index is 12.2. The Bertz CT molecular complexity index is 790. The van der Waals surface area contributed by atoms with Gasteiger partial charge < -0.3 is 15.4 Å². The number of amides is 2. The summed E-state index contributed by atoms with van der Waals surface area (Å²) in [7, 11) is 0. The van der Waals surface area contributed by atoms with Gasteiger partial charge in [0, 0.05) is 17.9 Å². The highest BCUT2D eigenvalue weighted by molar-refractivity contribution is 8.01. The van der Waals surface area contributed by atoms with Gasteiger partial charge in [-0.2, -0.15) is 0 Å². The first-order chi connectivity index (χ1) is 12.5. The van der Waals surface area contributed by atoms with E-state index in [0.29, 0.717) is 6.54 Å². The van der Waals surface area contributed by atoms with Crippen LogP contribution in [0.2, 0.25) is 0 Å². The normalized spacial score (nSPS) is 16.0. The molecule has 0 saturated carbocycles. The van der Waals surface area contributed by atoms with Gasteiger partial charge in [0.15, 0.2) is 0 Å². The summed E-state index contributed by atoms with van der Waals surface area (Å²) in [5.41, 5.74) is 1.79. The molecule has 2 N–H and O–H groups in total. The van der Waals surface area contributed by atoms with Gasteiger partial charge in [0.1, 0.15) is 5.75 Å². The second kappa shape index (κ2) is 8.27. The SMILES string of the molecule is CC(C)Oc1ccc(CNC(=O)CC2Sc3ccccc3NC2=O)cc1. The summed E-state index contributed by atoms with van der Waals surface area (Å²) in [6.07, 6.45) is 0.282. The number of ether oxygens (including phenoxy) is 1. The van der Waals surface area contributed by atoms with Crippen molar-refractivity contribution in [3.8, 4) is 5.75 Å². The molecule has 0 aliphatic carbocycles. The zero-order valence-corrected chi connectivity index (χ0v) is 15.6. The fourth-order valence-corrected chi connectivity index (χ4v) is 3.74. The number of fused-ring (bicyclic) bond motifs is 1. The van der Waals surface area contributed by atoms with Crippen LogP contribution in [0.4, 0.5) is 5.69 Å². The minimum absolute atomic E-state index is 0.126. The Morgan fingerprint density at radius 1 is 1.19 bits per heavy atom. The first-order valence-electron chi connectivity index (χ1n) is 8.60. The van der Waals surface area contributed by atoms with Crippen LogP contribution in [0.25, 0.3) is 0 Å². The number of nitrogens with one attached hydrogen (secondary N) is 2. The van der Waals surface area contributed by atoms with Gasteiger partial charge in [-0.1, -0.05) is 24.3 Å². The lowest BCUT2D eigenvalue weighted by molar-refractivity contribution is -0.124. The molecule has 3 rings (SSSR count). The van der Waals surface area contributed by atoms with E-state index in [-0.39, 0.29) is 24.3 Å². The maximum absolute atomic E-state index is 12.2. The minimum atomic E-state index is -0.410. The molecular formula is C20H22N2O3S. The minimum Gasteiger partial charge on any atom is -0.491 e. The molecular weight excluding hydrogens is 348 g/mol. The summed E-state index contributed by atoms with van der Waals surface area (Å²) >= 11 is 1.43. The van der Waals surface area contributed by atoms with Gasteiger partial charge in [-0.15, -0.1) is 11.8 Å². The van der Waals surface area contributed by atoms with E-state index in [2.05, 4.69) is 10.6 Å². The van der Waals surface area contributed by atoms with Crippen LogP contribution in [0.1, 0.15) is 25.8 Å². The number of hydrogen-bond donors (Lipinski definition) is 2. The Labute approximate surface area is 157 Å². The Morgan fingerprint density at radius 2 is 1.92 bits per heavy atom. The fraction of sp³-hybridized carbons (Fsp3) is 0.300. The highest BCUT2D eigenvalue weighted by Gasteiger charge is 2.28. The van der Waals surface area contributed by atoms with E-state index in [1.54, 1.807) is 0 Å². The van der Waals surface area contributed by atoms with Crippen LogP contribution in [-0.4, -0.2) is 23.2 Å². The molecule has 2 amide bonds. The highest BCUT2D eigenvalue weighted by Crippen LogP contribution is 2.36. The number of benzene rings is 2. The smallest absolute Gasteiger partial charge is 0.238 e. The molecule has 6 heteroatoms. The van der Waals surface area contributed by atoms with E-state index in [1.165, 1.54) is 11.8 Å². The van der Waals surface area contributed by atoms with Crippen molar-refractivity contribution in [2.75, 3.05) is 5.32 Å². The second-order valence-corrected chi connectivity index (χ2v) is 7.63. The molecule has 5 nitrogen and oxygen atoms in total. The third-order valence-electron chi connectivity index (χ3n) is 3.86. The van der Waals surface area contributed by atoms with Crippen molar-refractivity contribution in [3.63, 3.8) is 0 Å². The zero-order valence-electron chi connectivity index (χ0n) is 14.8. The number of carbonyl (C=O) groups is 2. The molecule has 0 radical (unpaired) electrons. The predicted molar refractivity (Wildman–Crippen MR) is 103 cm³/mol. The number of anilines is 1. The van der Waals surface area contributed by atoms with Crippen molar-refractivity contribution in [1.82, 2.24) is 5.32 Å². The average Bonchev–Trinajstić information content (AvgIpc) is 2.61. The lowest BCUT2D eigenvalue weighted by Crippen LogP contribution is -2.34. The molecule has 1 atom stereocenters. The summed E-state index contributed by atoms with van der Waals surface area (Å²) in [4.78, 5) is 25.4. The van der Waals surface area contributed by atoms with Crippen LogP contribution in [-0.2, 0) is 16.1 Å². The molecule has 2 aromatic carbocycles. The van der Waals surface area contributed by atoms with Crippen LogP contribution in [0.15, 0.2) is 53.4 Å².